The summed E-state index contributed by atoms with van der Waals surface area (Å²) in [6.07, 6.45) is 0. The van der Waals surface area contributed by atoms with E-state index >= 15 is 0 Å². The van der Waals surface area contributed by atoms with Gasteiger partial charge < -0.3 is 15.9 Å². The van der Waals surface area contributed by atoms with Gasteiger partial charge in [-0.05, 0) is 56.7 Å². The van der Waals surface area contributed by atoms with E-state index < -0.39 is 17.2 Å². The molecule has 32 heavy (non-hydrogen) atoms. The molecular weight excluding hydrogens is 435 g/mol. The Bertz CT molecular complexity index is 1120. The van der Waals surface area contributed by atoms with Crippen LogP contribution >= 0.6 is 11.8 Å². The van der Waals surface area contributed by atoms with E-state index in [1.807, 2.05) is 26.0 Å². The maximum atomic E-state index is 13.0. The van der Waals surface area contributed by atoms with Crippen molar-refractivity contribution in [2.45, 2.75) is 37.8 Å². The number of carbonyl (C=O) groups excluding carboxylic acids is 2. The lowest BCUT2D eigenvalue weighted by Gasteiger charge is -2.13. The number of hydrogen-bond acceptors (Lipinski definition) is 7. The summed E-state index contributed by atoms with van der Waals surface area (Å²) in [6.45, 7) is 5.45. The highest BCUT2D eigenvalue weighted by molar-refractivity contribution is 8.00. The first-order chi connectivity index (χ1) is 15.2. The van der Waals surface area contributed by atoms with Gasteiger partial charge >= 0.3 is 6.03 Å². The lowest BCUT2D eigenvalue weighted by molar-refractivity contribution is -0.119. The second-order valence-electron chi connectivity index (χ2n) is 7.03. The molecule has 0 radical (unpaired) electrons. The van der Waals surface area contributed by atoms with Crippen LogP contribution in [0, 0.1) is 19.7 Å². The predicted molar refractivity (Wildman–Crippen MR) is 119 cm³/mol. The molecule has 1 heterocycles. The quantitative estimate of drug-likeness (QED) is 0.367. The number of nitrogens with zero attached hydrogens (tertiary/aromatic N) is 3. The average molecular weight is 459 g/mol. The smallest absolute Gasteiger partial charge is 0.325 e. The monoisotopic (exact) mass is 458 g/mol. The Morgan fingerprint density at radius 3 is 2.59 bits per heavy atom. The van der Waals surface area contributed by atoms with E-state index in [9.17, 15) is 14.0 Å². The zero-order chi connectivity index (χ0) is 23.3. The van der Waals surface area contributed by atoms with Gasteiger partial charge in [-0.25, -0.2) is 13.9 Å². The molecule has 0 aliphatic rings. The van der Waals surface area contributed by atoms with Crippen LogP contribution in [0.1, 0.15) is 23.9 Å². The molecule has 1 unspecified atom stereocenters. The van der Waals surface area contributed by atoms with Crippen LogP contribution in [0.25, 0.3) is 0 Å². The third-order valence-corrected chi connectivity index (χ3v) is 5.49. The van der Waals surface area contributed by atoms with E-state index in [-0.39, 0.29) is 17.6 Å². The average Bonchev–Trinajstić information content (AvgIpc) is 3.09. The van der Waals surface area contributed by atoms with Gasteiger partial charge in [0.2, 0.25) is 11.1 Å². The molecule has 9 nitrogen and oxygen atoms in total. The van der Waals surface area contributed by atoms with Crippen molar-refractivity contribution in [1.82, 2.24) is 20.2 Å². The van der Waals surface area contributed by atoms with E-state index in [1.165, 1.54) is 28.9 Å². The first kappa shape index (κ1) is 23.1. The molecule has 168 valence electrons. The number of amides is 3. The molecule has 3 aromatic rings. The minimum atomic E-state index is -0.669. The number of rotatable bonds is 7. The van der Waals surface area contributed by atoms with Crippen LogP contribution in [-0.4, -0.2) is 32.1 Å². The number of imide groups is 1. The summed E-state index contributed by atoms with van der Waals surface area (Å²) in [4.78, 5) is 24.6. The number of nitrogens with one attached hydrogen (secondary N) is 2. The molecule has 0 spiro atoms. The van der Waals surface area contributed by atoms with Crippen LogP contribution in [-0.2, 0) is 11.4 Å². The summed E-state index contributed by atoms with van der Waals surface area (Å²) in [5, 5.41) is 12.5. The first-order valence-corrected chi connectivity index (χ1v) is 10.5. The topological polar surface area (TPSA) is 124 Å². The molecule has 3 amide bonds. The second kappa shape index (κ2) is 10.1. The molecule has 0 bridgehead atoms. The van der Waals surface area contributed by atoms with Gasteiger partial charge in [-0.1, -0.05) is 29.5 Å². The number of hydrogen-bond donors (Lipinski definition) is 3. The van der Waals surface area contributed by atoms with Crippen LogP contribution < -0.4 is 21.2 Å². The number of ether oxygens (including phenoxy) is 1. The van der Waals surface area contributed by atoms with Crippen molar-refractivity contribution < 1.29 is 18.7 Å². The van der Waals surface area contributed by atoms with Gasteiger partial charge in [-0.3, -0.25) is 10.1 Å². The van der Waals surface area contributed by atoms with E-state index in [1.54, 1.807) is 13.0 Å². The fourth-order valence-electron chi connectivity index (χ4n) is 2.70. The number of aromatic nitrogens is 3. The highest BCUT2D eigenvalue weighted by atomic mass is 32.2. The van der Waals surface area contributed by atoms with Crippen LogP contribution in [0.2, 0.25) is 0 Å². The largest absolute Gasteiger partial charge is 0.486 e. The summed E-state index contributed by atoms with van der Waals surface area (Å²) >= 11 is 1.04. The summed E-state index contributed by atoms with van der Waals surface area (Å²) in [5.41, 5.74) is 2.58. The Kier molecular flexibility index (Phi) is 7.31. The Labute approximate surface area is 188 Å². The number of halogens is 1. The molecule has 0 aliphatic carbocycles. The van der Waals surface area contributed by atoms with E-state index in [0.29, 0.717) is 17.3 Å². The van der Waals surface area contributed by atoms with Crippen molar-refractivity contribution in [3.63, 3.8) is 0 Å². The van der Waals surface area contributed by atoms with Crippen molar-refractivity contribution in [1.29, 1.82) is 0 Å². The number of carbonyl (C=O) groups is 2. The second-order valence-corrected chi connectivity index (χ2v) is 8.34. The highest BCUT2D eigenvalue weighted by Gasteiger charge is 2.21. The molecule has 0 saturated carbocycles. The highest BCUT2D eigenvalue weighted by Crippen LogP contribution is 2.22. The normalized spacial score (nSPS) is 11.6. The first-order valence-electron chi connectivity index (χ1n) is 9.66. The summed E-state index contributed by atoms with van der Waals surface area (Å²) < 4.78 is 19.7. The lowest BCUT2D eigenvalue weighted by atomic mass is 10.1. The van der Waals surface area contributed by atoms with Gasteiger partial charge in [-0.2, -0.15) is 0 Å². The number of thioether (sulfide) groups is 1. The van der Waals surface area contributed by atoms with Gasteiger partial charge in [0.1, 0.15) is 18.2 Å². The molecular formula is C21H23FN6O3S. The minimum absolute atomic E-state index is 0.00851. The van der Waals surface area contributed by atoms with Crippen LogP contribution in [0.15, 0.2) is 47.6 Å². The van der Waals surface area contributed by atoms with Crippen molar-refractivity contribution in [2.24, 2.45) is 0 Å². The molecule has 0 aliphatic heterocycles. The third-order valence-electron chi connectivity index (χ3n) is 4.43. The zero-order valence-electron chi connectivity index (χ0n) is 17.8. The van der Waals surface area contributed by atoms with Crippen LogP contribution in [0.5, 0.6) is 5.75 Å². The number of anilines is 1. The molecule has 4 N–H and O–H groups in total. The molecule has 1 aromatic heterocycles. The van der Waals surface area contributed by atoms with Gasteiger partial charge in [-0.15, -0.1) is 10.2 Å². The Morgan fingerprint density at radius 1 is 1.19 bits per heavy atom. The van der Waals surface area contributed by atoms with Gasteiger partial charge in [0, 0.05) is 5.69 Å². The maximum Gasteiger partial charge on any atom is 0.325 e. The Hall–Kier alpha value is -3.60. The van der Waals surface area contributed by atoms with Gasteiger partial charge in [0.25, 0.3) is 0 Å². The summed E-state index contributed by atoms with van der Waals surface area (Å²) in [5.74, 6) is 5.88. The Morgan fingerprint density at radius 2 is 1.91 bits per heavy atom. The van der Waals surface area contributed by atoms with Crippen molar-refractivity contribution >= 4 is 29.4 Å². The Balaban J connectivity index is 1.53. The SMILES string of the molecule is Cc1ccc(NC(=O)NC(=O)C(C)Sc2nnc(COc3ccc(F)cc3)n2N)c(C)c1. The van der Waals surface area contributed by atoms with E-state index in [0.717, 1.165) is 22.9 Å². The molecule has 0 fully saturated rings. The molecule has 11 heteroatoms. The fraction of sp³-hybridized carbons (Fsp3) is 0.238. The predicted octanol–water partition coefficient (Wildman–Crippen LogP) is 3.16. The molecule has 1 atom stereocenters. The molecule has 2 aromatic carbocycles. The number of urea groups is 1. The van der Waals surface area contributed by atoms with Gasteiger partial charge in [0.05, 0.1) is 5.25 Å². The number of nitrogens with two attached hydrogens (primary N) is 1. The maximum absolute atomic E-state index is 13.0. The lowest BCUT2D eigenvalue weighted by Crippen LogP contribution is -2.39. The third kappa shape index (κ3) is 5.97. The molecule has 0 saturated heterocycles. The summed E-state index contributed by atoms with van der Waals surface area (Å²) in [7, 11) is 0. The fourth-order valence-corrected chi connectivity index (χ4v) is 3.49. The zero-order valence-corrected chi connectivity index (χ0v) is 18.6. The van der Waals surface area contributed by atoms with Crippen molar-refractivity contribution in [3.8, 4) is 5.75 Å². The molecule has 3 rings (SSSR count). The van der Waals surface area contributed by atoms with Crippen LogP contribution in [0.4, 0.5) is 14.9 Å². The van der Waals surface area contributed by atoms with Crippen molar-refractivity contribution in [2.75, 3.05) is 11.2 Å². The van der Waals surface area contributed by atoms with Crippen LogP contribution in [0.3, 0.4) is 0 Å². The number of nitrogen functional groups attached to an aromatic ring is 1. The number of aryl methyl sites for hydroxylation is 2. The van der Waals surface area contributed by atoms with E-state index in [2.05, 4.69) is 20.8 Å². The van der Waals surface area contributed by atoms with E-state index in [4.69, 9.17) is 10.6 Å². The standard InChI is InChI=1S/C21H23FN6O3S/c1-12-4-9-17(13(2)10-12)24-20(30)25-19(29)14(3)32-21-27-26-18(28(21)23)11-31-16-7-5-15(22)6-8-16/h4-10,14H,11,23H2,1-3H3,(H2,24,25,29,30). The summed E-state index contributed by atoms with van der Waals surface area (Å²) in [6, 6.07) is 10.5. The number of benzene rings is 2. The minimum Gasteiger partial charge on any atom is -0.486 e. The van der Waals surface area contributed by atoms with Gasteiger partial charge in [0.15, 0.2) is 5.82 Å². The van der Waals surface area contributed by atoms with Crippen molar-refractivity contribution in [3.05, 3.63) is 65.2 Å².